The van der Waals surface area contributed by atoms with Gasteiger partial charge < -0.3 is 9.84 Å². The molecule has 2 aromatic rings. The zero-order valence-electron chi connectivity index (χ0n) is 10.3. The van der Waals surface area contributed by atoms with Gasteiger partial charge in [0.1, 0.15) is 12.4 Å². The van der Waals surface area contributed by atoms with Crippen LogP contribution in [0.15, 0.2) is 60.7 Å². The van der Waals surface area contributed by atoms with Crippen LogP contribution in [0.2, 0.25) is 0 Å². The number of phenolic OH excluding ortho intramolecular Hbond substituents is 1. The lowest BCUT2D eigenvalue weighted by molar-refractivity contribution is -0.138. The van der Waals surface area contributed by atoms with E-state index < -0.39 is 5.97 Å². The van der Waals surface area contributed by atoms with Crippen molar-refractivity contribution >= 4 is 12.0 Å². The molecule has 0 unspecified atom stereocenters. The molecule has 2 aromatic carbocycles. The number of carbonyl (C=O) groups is 1. The molecule has 3 nitrogen and oxygen atoms in total. The van der Waals surface area contributed by atoms with Gasteiger partial charge >= 0.3 is 5.97 Å². The minimum absolute atomic E-state index is 0.193. The fourth-order valence-corrected chi connectivity index (χ4v) is 1.52. The van der Waals surface area contributed by atoms with Gasteiger partial charge in [0, 0.05) is 6.08 Å². The number of ether oxygens (including phenoxy) is 1. The maximum atomic E-state index is 11.5. The van der Waals surface area contributed by atoms with Crippen LogP contribution in [0.4, 0.5) is 0 Å². The Morgan fingerprint density at radius 1 is 1.05 bits per heavy atom. The van der Waals surface area contributed by atoms with Crippen LogP contribution in [0.25, 0.3) is 6.08 Å². The third kappa shape index (κ3) is 4.32. The molecule has 3 heteroatoms. The van der Waals surface area contributed by atoms with Gasteiger partial charge in [0.05, 0.1) is 0 Å². The Morgan fingerprint density at radius 3 is 2.42 bits per heavy atom. The summed E-state index contributed by atoms with van der Waals surface area (Å²) in [6.45, 7) is 0.193. The Morgan fingerprint density at radius 2 is 1.74 bits per heavy atom. The standard InChI is InChI=1S/C16H14O3/c17-15-9-6-14(7-10-15)12-19-16(18)11-8-13-4-2-1-3-5-13/h1-11,17H,12H2/b11-8+. The zero-order valence-corrected chi connectivity index (χ0v) is 10.3. The van der Waals surface area contributed by atoms with Crippen molar-refractivity contribution in [1.82, 2.24) is 0 Å². The minimum atomic E-state index is -0.392. The Hall–Kier alpha value is -2.55. The van der Waals surface area contributed by atoms with Gasteiger partial charge in [-0.2, -0.15) is 0 Å². The van der Waals surface area contributed by atoms with Crippen LogP contribution in [0.3, 0.4) is 0 Å². The number of aromatic hydroxyl groups is 1. The topological polar surface area (TPSA) is 46.5 Å². The van der Waals surface area contributed by atoms with Gasteiger partial charge in [0.2, 0.25) is 0 Å². The lowest BCUT2D eigenvalue weighted by atomic mass is 10.2. The van der Waals surface area contributed by atoms with E-state index in [9.17, 15) is 4.79 Å². The van der Waals surface area contributed by atoms with Gasteiger partial charge in [0.25, 0.3) is 0 Å². The summed E-state index contributed by atoms with van der Waals surface area (Å²) in [6.07, 6.45) is 3.11. The highest BCUT2D eigenvalue weighted by Crippen LogP contribution is 2.10. The quantitative estimate of drug-likeness (QED) is 0.673. The largest absolute Gasteiger partial charge is 0.508 e. The van der Waals surface area contributed by atoms with E-state index in [1.54, 1.807) is 30.3 Å². The van der Waals surface area contributed by atoms with E-state index in [2.05, 4.69) is 0 Å². The second-order valence-corrected chi connectivity index (χ2v) is 4.02. The summed E-state index contributed by atoms with van der Waals surface area (Å²) in [4.78, 5) is 11.5. The molecule has 0 aliphatic heterocycles. The summed E-state index contributed by atoms with van der Waals surface area (Å²) in [5.74, 6) is -0.198. The predicted molar refractivity (Wildman–Crippen MR) is 73.4 cm³/mol. The smallest absolute Gasteiger partial charge is 0.331 e. The van der Waals surface area contributed by atoms with Crippen molar-refractivity contribution in [1.29, 1.82) is 0 Å². The van der Waals surface area contributed by atoms with Crippen molar-refractivity contribution in [2.24, 2.45) is 0 Å². The third-order valence-corrected chi connectivity index (χ3v) is 2.53. The van der Waals surface area contributed by atoms with Crippen LogP contribution in [-0.4, -0.2) is 11.1 Å². The number of esters is 1. The van der Waals surface area contributed by atoms with Crippen LogP contribution >= 0.6 is 0 Å². The number of benzene rings is 2. The summed E-state index contributed by atoms with van der Waals surface area (Å²) >= 11 is 0. The molecular formula is C16H14O3. The second-order valence-electron chi connectivity index (χ2n) is 4.02. The highest BCUT2D eigenvalue weighted by Gasteiger charge is 1.99. The fraction of sp³-hybridized carbons (Fsp3) is 0.0625. The second kappa shape index (κ2) is 6.40. The van der Waals surface area contributed by atoms with E-state index in [-0.39, 0.29) is 12.4 Å². The van der Waals surface area contributed by atoms with Gasteiger partial charge in [-0.1, -0.05) is 42.5 Å². The summed E-state index contributed by atoms with van der Waals surface area (Å²) in [5.41, 5.74) is 1.78. The van der Waals surface area contributed by atoms with Crippen molar-refractivity contribution < 1.29 is 14.6 Å². The Bertz CT molecular complexity index is 556. The van der Waals surface area contributed by atoms with Gasteiger partial charge in [-0.15, -0.1) is 0 Å². The highest BCUT2D eigenvalue weighted by atomic mass is 16.5. The first-order valence-corrected chi connectivity index (χ1v) is 5.92. The molecule has 0 aliphatic carbocycles. The first-order valence-electron chi connectivity index (χ1n) is 5.92. The highest BCUT2D eigenvalue weighted by molar-refractivity contribution is 5.87. The molecule has 0 aliphatic rings. The van der Waals surface area contributed by atoms with E-state index in [1.807, 2.05) is 30.3 Å². The van der Waals surface area contributed by atoms with E-state index in [1.165, 1.54) is 6.08 Å². The normalized spacial score (nSPS) is 10.5. The summed E-state index contributed by atoms with van der Waals surface area (Å²) in [5, 5.41) is 9.13. The van der Waals surface area contributed by atoms with Crippen LogP contribution in [0.5, 0.6) is 5.75 Å². The van der Waals surface area contributed by atoms with Crippen molar-refractivity contribution in [3.63, 3.8) is 0 Å². The van der Waals surface area contributed by atoms with Gasteiger partial charge in [0.15, 0.2) is 0 Å². The number of carbonyl (C=O) groups excluding carboxylic acids is 1. The Kier molecular flexibility index (Phi) is 4.34. The molecule has 0 heterocycles. The fourth-order valence-electron chi connectivity index (χ4n) is 1.52. The Labute approximate surface area is 111 Å². The molecule has 0 fully saturated rings. The molecule has 0 saturated carbocycles. The molecule has 2 rings (SSSR count). The molecule has 0 spiro atoms. The number of rotatable bonds is 4. The molecule has 0 bridgehead atoms. The van der Waals surface area contributed by atoms with Crippen molar-refractivity contribution in [3.8, 4) is 5.75 Å². The average Bonchev–Trinajstić information content (AvgIpc) is 2.45. The minimum Gasteiger partial charge on any atom is -0.508 e. The average molecular weight is 254 g/mol. The third-order valence-electron chi connectivity index (χ3n) is 2.53. The van der Waals surface area contributed by atoms with Crippen LogP contribution in [-0.2, 0) is 16.1 Å². The first-order chi connectivity index (χ1) is 9.24. The van der Waals surface area contributed by atoms with Crippen molar-refractivity contribution in [2.75, 3.05) is 0 Å². The van der Waals surface area contributed by atoms with Crippen LogP contribution in [0.1, 0.15) is 11.1 Å². The maximum Gasteiger partial charge on any atom is 0.331 e. The van der Waals surface area contributed by atoms with E-state index in [4.69, 9.17) is 9.84 Å². The monoisotopic (exact) mass is 254 g/mol. The maximum absolute atomic E-state index is 11.5. The van der Waals surface area contributed by atoms with E-state index in [0.717, 1.165) is 11.1 Å². The molecule has 0 atom stereocenters. The zero-order chi connectivity index (χ0) is 13.5. The van der Waals surface area contributed by atoms with Gasteiger partial charge in [-0.05, 0) is 29.3 Å². The molecule has 0 saturated heterocycles. The lowest BCUT2D eigenvalue weighted by Crippen LogP contribution is -2.00. The molecule has 96 valence electrons. The van der Waals surface area contributed by atoms with Crippen LogP contribution in [0, 0.1) is 0 Å². The van der Waals surface area contributed by atoms with E-state index in [0.29, 0.717) is 0 Å². The molecular weight excluding hydrogens is 240 g/mol. The first kappa shape index (κ1) is 12.9. The number of hydrogen-bond donors (Lipinski definition) is 1. The number of phenols is 1. The van der Waals surface area contributed by atoms with E-state index >= 15 is 0 Å². The summed E-state index contributed by atoms with van der Waals surface area (Å²) < 4.78 is 5.08. The van der Waals surface area contributed by atoms with Crippen molar-refractivity contribution in [2.45, 2.75) is 6.61 Å². The SMILES string of the molecule is O=C(/C=C/c1ccccc1)OCc1ccc(O)cc1. The molecule has 0 radical (unpaired) electrons. The van der Waals surface area contributed by atoms with Gasteiger partial charge in [-0.3, -0.25) is 0 Å². The Balaban J connectivity index is 1.85. The predicted octanol–water partition coefficient (Wildman–Crippen LogP) is 3.15. The lowest BCUT2D eigenvalue weighted by Gasteiger charge is -2.02. The molecule has 0 aromatic heterocycles. The molecule has 19 heavy (non-hydrogen) atoms. The number of hydrogen-bond acceptors (Lipinski definition) is 3. The summed E-state index contributed by atoms with van der Waals surface area (Å²) in [7, 11) is 0. The summed E-state index contributed by atoms with van der Waals surface area (Å²) in [6, 6.07) is 16.1. The van der Waals surface area contributed by atoms with Crippen LogP contribution < -0.4 is 0 Å². The molecule has 1 N–H and O–H groups in total. The molecule has 0 amide bonds. The van der Waals surface area contributed by atoms with Gasteiger partial charge in [-0.25, -0.2) is 4.79 Å². The van der Waals surface area contributed by atoms with Crippen molar-refractivity contribution in [3.05, 3.63) is 71.8 Å².